The van der Waals surface area contributed by atoms with Crippen molar-refractivity contribution < 1.29 is 0 Å². The summed E-state index contributed by atoms with van der Waals surface area (Å²) in [6, 6.07) is 34.3. The smallest absolute Gasteiger partial charge is 0.0794 e. The van der Waals surface area contributed by atoms with E-state index in [-0.39, 0.29) is 0 Å². The first kappa shape index (κ1) is 16.7. The summed E-state index contributed by atoms with van der Waals surface area (Å²) in [5, 5.41) is 8.71. The van der Waals surface area contributed by atoms with Crippen LogP contribution in [0.25, 0.3) is 54.5 Å². The van der Waals surface area contributed by atoms with Crippen LogP contribution in [0, 0.1) is 0 Å². The Morgan fingerprint density at radius 3 is 2.00 bits per heavy atom. The molecule has 6 aromatic rings. The molecule has 0 aliphatic heterocycles. The van der Waals surface area contributed by atoms with E-state index in [1.165, 1.54) is 37.7 Å². The minimum atomic E-state index is 1.03. The molecule has 136 valence electrons. The van der Waals surface area contributed by atoms with Crippen LogP contribution in [-0.2, 0) is 0 Å². The monoisotopic (exact) mass is 433 g/mol. The van der Waals surface area contributed by atoms with Crippen LogP contribution < -0.4 is 0 Å². The highest BCUT2D eigenvalue weighted by atomic mass is 79.9. The molecular weight excluding hydrogens is 418 g/mol. The molecule has 0 amide bonds. The van der Waals surface area contributed by atoms with Gasteiger partial charge in [-0.15, -0.1) is 0 Å². The molecule has 0 atom stereocenters. The van der Waals surface area contributed by atoms with E-state index in [1.807, 2.05) is 0 Å². The maximum Gasteiger partial charge on any atom is 0.0794 e. The molecule has 6 rings (SSSR count). The fourth-order valence-electron chi connectivity index (χ4n) is 4.45. The van der Waals surface area contributed by atoms with Crippen LogP contribution in [-0.4, -0.2) is 4.98 Å². The first-order valence-corrected chi connectivity index (χ1v) is 10.5. The van der Waals surface area contributed by atoms with Crippen molar-refractivity contribution in [2.24, 2.45) is 0 Å². The Kier molecular flexibility index (Phi) is 3.68. The highest BCUT2D eigenvalue weighted by Crippen LogP contribution is 2.43. The third-order valence-electron chi connectivity index (χ3n) is 5.68. The van der Waals surface area contributed by atoms with Crippen LogP contribution >= 0.6 is 15.9 Å². The number of hydrogen-bond donors (Lipinski definition) is 0. The van der Waals surface area contributed by atoms with E-state index in [1.54, 1.807) is 0 Å². The molecule has 0 radical (unpaired) electrons. The number of nitrogens with zero attached hydrogens (tertiary/aromatic N) is 1. The van der Waals surface area contributed by atoms with Gasteiger partial charge in [-0.1, -0.05) is 94.8 Å². The summed E-state index contributed by atoms with van der Waals surface area (Å²) in [6.07, 6.45) is 0. The van der Waals surface area contributed by atoms with Gasteiger partial charge in [-0.2, -0.15) is 0 Å². The molecule has 1 heterocycles. The van der Waals surface area contributed by atoms with Crippen molar-refractivity contribution in [3.05, 3.63) is 102 Å². The number of fused-ring (bicyclic) bond motifs is 8. The van der Waals surface area contributed by atoms with Gasteiger partial charge in [0.2, 0.25) is 0 Å². The van der Waals surface area contributed by atoms with Gasteiger partial charge in [-0.25, -0.2) is 4.98 Å². The molecule has 0 spiro atoms. The molecule has 0 saturated carbocycles. The highest BCUT2D eigenvalue weighted by molar-refractivity contribution is 9.10. The van der Waals surface area contributed by atoms with Crippen LogP contribution in [0.5, 0.6) is 0 Å². The largest absolute Gasteiger partial charge is 0.247 e. The lowest BCUT2D eigenvalue weighted by molar-refractivity contribution is 1.43. The van der Waals surface area contributed by atoms with Gasteiger partial charge in [0.25, 0.3) is 0 Å². The van der Waals surface area contributed by atoms with E-state index in [9.17, 15) is 0 Å². The molecule has 1 aromatic heterocycles. The van der Waals surface area contributed by atoms with E-state index in [2.05, 4.69) is 113 Å². The molecule has 1 nitrogen and oxygen atoms in total. The molecule has 0 saturated heterocycles. The average Bonchev–Trinajstić information content (AvgIpc) is 2.79. The number of hydrogen-bond acceptors (Lipinski definition) is 1. The van der Waals surface area contributed by atoms with Crippen molar-refractivity contribution in [2.75, 3.05) is 0 Å². The zero-order valence-electron chi connectivity index (χ0n) is 15.6. The summed E-state index contributed by atoms with van der Waals surface area (Å²) < 4.78 is 1.09. The molecule has 29 heavy (non-hydrogen) atoms. The normalized spacial score (nSPS) is 11.6. The fraction of sp³-hybridized carbons (Fsp3) is 0. The molecule has 5 aromatic carbocycles. The standard InChI is InChI=1S/C27H16BrN/c28-18-14-15-21-23(16-18)19-10-4-5-11-20(19)25-22-12-6-7-13-24(22)29-27(26(21)25)17-8-2-1-3-9-17/h1-16H. The Morgan fingerprint density at radius 1 is 0.517 bits per heavy atom. The molecule has 0 fully saturated rings. The lowest BCUT2D eigenvalue weighted by Crippen LogP contribution is -1.92. The third kappa shape index (κ3) is 2.49. The van der Waals surface area contributed by atoms with Crippen LogP contribution in [0.1, 0.15) is 0 Å². The lowest BCUT2D eigenvalue weighted by Gasteiger charge is -2.16. The van der Waals surface area contributed by atoms with Gasteiger partial charge in [0.05, 0.1) is 11.2 Å². The van der Waals surface area contributed by atoms with Gasteiger partial charge in [0, 0.05) is 26.2 Å². The van der Waals surface area contributed by atoms with Crippen LogP contribution in [0.2, 0.25) is 0 Å². The number of para-hydroxylation sites is 1. The predicted molar refractivity (Wildman–Crippen MR) is 127 cm³/mol. The number of benzene rings is 5. The summed E-state index contributed by atoms with van der Waals surface area (Å²) >= 11 is 3.67. The molecule has 0 bridgehead atoms. The Bertz CT molecular complexity index is 1550. The summed E-state index contributed by atoms with van der Waals surface area (Å²) in [7, 11) is 0. The van der Waals surface area contributed by atoms with Crippen molar-refractivity contribution in [3.63, 3.8) is 0 Å². The van der Waals surface area contributed by atoms with Gasteiger partial charge in [-0.3, -0.25) is 0 Å². The van der Waals surface area contributed by atoms with Crippen molar-refractivity contribution in [2.45, 2.75) is 0 Å². The van der Waals surface area contributed by atoms with Crippen molar-refractivity contribution in [1.29, 1.82) is 0 Å². The first-order valence-electron chi connectivity index (χ1n) is 9.69. The van der Waals surface area contributed by atoms with Gasteiger partial charge in [-0.05, 0) is 39.7 Å². The Balaban J connectivity index is 2.00. The van der Waals surface area contributed by atoms with Crippen molar-refractivity contribution in [1.82, 2.24) is 4.98 Å². The van der Waals surface area contributed by atoms with Crippen LogP contribution in [0.3, 0.4) is 0 Å². The summed E-state index contributed by atoms with van der Waals surface area (Å²) in [5.41, 5.74) is 3.21. The number of pyridine rings is 1. The van der Waals surface area contributed by atoms with Gasteiger partial charge in [0.1, 0.15) is 0 Å². The number of halogens is 1. The summed E-state index contributed by atoms with van der Waals surface area (Å²) in [5.74, 6) is 0. The predicted octanol–water partition coefficient (Wildman–Crippen LogP) is 8.12. The summed E-state index contributed by atoms with van der Waals surface area (Å²) in [4.78, 5) is 5.14. The van der Waals surface area contributed by atoms with Gasteiger partial charge in [0.15, 0.2) is 0 Å². The Morgan fingerprint density at radius 2 is 1.17 bits per heavy atom. The Hall–Kier alpha value is -3.23. The number of aromatic nitrogens is 1. The second-order valence-corrected chi connectivity index (χ2v) is 8.24. The van der Waals surface area contributed by atoms with E-state index in [0.717, 1.165) is 21.2 Å². The average molecular weight is 434 g/mol. The van der Waals surface area contributed by atoms with Crippen molar-refractivity contribution >= 4 is 59.2 Å². The van der Waals surface area contributed by atoms with Crippen LogP contribution in [0.4, 0.5) is 0 Å². The minimum Gasteiger partial charge on any atom is -0.247 e. The third-order valence-corrected chi connectivity index (χ3v) is 6.17. The first-order chi connectivity index (χ1) is 14.3. The fourth-order valence-corrected chi connectivity index (χ4v) is 4.81. The molecule has 0 N–H and O–H groups in total. The zero-order chi connectivity index (χ0) is 19.4. The van der Waals surface area contributed by atoms with Crippen molar-refractivity contribution in [3.8, 4) is 11.3 Å². The topological polar surface area (TPSA) is 12.9 Å². The second-order valence-electron chi connectivity index (χ2n) is 7.33. The van der Waals surface area contributed by atoms with E-state index in [0.29, 0.717) is 0 Å². The lowest BCUT2D eigenvalue weighted by atomic mass is 9.90. The quantitative estimate of drug-likeness (QED) is 0.238. The van der Waals surface area contributed by atoms with Gasteiger partial charge >= 0.3 is 0 Å². The van der Waals surface area contributed by atoms with Crippen LogP contribution in [0.15, 0.2) is 102 Å². The maximum absolute atomic E-state index is 5.14. The second kappa shape index (κ2) is 6.40. The molecule has 0 unspecified atom stereocenters. The minimum absolute atomic E-state index is 1.03. The van der Waals surface area contributed by atoms with E-state index < -0.39 is 0 Å². The molecule has 2 heteroatoms. The zero-order valence-corrected chi connectivity index (χ0v) is 17.1. The summed E-state index contributed by atoms with van der Waals surface area (Å²) in [6.45, 7) is 0. The molecule has 0 aliphatic carbocycles. The maximum atomic E-state index is 5.14. The molecular formula is C27H16BrN. The SMILES string of the molecule is Brc1ccc2c(c1)c1ccccc1c1c3ccccc3nc(-c3ccccc3)c21. The molecule has 0 aliphatic rings. The Labute approximate surface area is 176 Å². The van der Waals surface area contributed by atoms with E-state index >= 15 is 0 Å². The number of rotatable bonds is 1. The highest BCUT2D eigenvalue weighted by Gasteiger charge is 2.17. The van der Waals surface area contributed by atoms with E-state index in [4.69, 9.17) is 4.98 Å². The van der Waals surface area contributed by atoms with Gasteiger partial charge < -0.3 is 0 Å².